The standard InChI is InChI=1S/C7H5ClF2INO2S/c1-3-2-12-7(15(8,13)14)4(5(3)11)6(9)10/h2,6H,1H3. The third kappa shape index (κ3) is 2.76. The maximum atomic E-state index is 12.6. The van der Waals surface area contributed by atoms with Gasteiger partial charge in [-0.05, 0) is 35.1 Å². The topological polar surface area (TPSA) is 47.0 Å². The number of nitrogens with zero attached hydrogens (tertiary/aromatic N) is 1. The number of alkyl halides is 2. The molecule has 0 bridgehead atoms. The average Bonchev–Trinajstić information content (AvgIpc) is 2.06. The van der Waals surface area contributed by atoms with Gasteiger partial charge in [-0.25, -0.2) is 22.2 Å². The molecule has 0 radical (unpaired) electrons. The van der Waals surface area contributed by atoms with Crippen molar-refractivity contribution in [3.63, 3.8) is 0 Å². The predicted octanol–water partition coefficient (Wildman–Crippen LogP) is 2.86. The highest BCUT2D eigenvalue weighted by atomic mass is 127. The summed E-state index contributed by atoms with van der Waals surface area (Å²) in [6.07, 6.45) is -1.73. The summed E-state index contributed by atoms with van der Waals surface area (Å²) in [5, 5.41) is -0.769. The summed E-state index contributed by atoms with van der Waals surface area (Å²) < 4.78 is 47.4. The second kappa shape index (κ2) is 4.46. The van der Waals surface area contributed by atoms with E-state index in [9.17, 15) is 17.2 Å². The summed E-state index contributed by atoms with van der Waals surface area (Å²) in [7, 11) is 0.764. The van der Waals surface area contributed by atoms with Crippen LogP contribution in [-0.2, 0) is 9.05 Å². The van der Waals surface area contributed by atoms with Crippen LogP contribution >= 0.6 is 33.3 Å². The molecule has 0 atom stereocenters. The number of rotatable bonds is 2. The van der Waals surface area contributed by atoms with Gasteiger partial charge in [-0.3, -0.25) is 0 Å². The maximum Gasteiger partial charge on any atom is 0.279 e. The molecule has 84 valence electrons. The Kier molecular flexibility index (Phi) is 3.88. The first-order valence-electron chi connectivity index (χ1n) is 3.63. The van der Waals surface area contributed by atoms with Crippen LogP contribution in [-0.4, -0.2) is 13.4 Å². The SMILES string of the molecule is Cc1cnc(S(=O)(=O)Cl)c(C(F)F)c1I. The van der Waals surface area contributed by atoms with E-state index in [1.165, 1.54) is 6.20 Å². The first-order chi connectivity index (χ1) is 6.75. The minimum absolute atomic E-state index is 0.164. The van der Waals surface area contributed by atoms with Crippen LogP contribution in [0.25, 0.3) is 0 Å². The van der Waals surface area contributed by atoms with Crippen LogP contribution < -0.4 is 0 Å². The van der Waals surface area contributed by atoms with Gasteiger partial charge in [-0.15, -0.1) is 0 Å². The number of hydrogen-bond acceptors (Lipinski definition) is 3. The fourth-order valence-electron chi connectivity index (χ4n) is 0.971. The van der Waals surface area contributed by atoms with E-state index < -0.39 is 26.1 Å². The molecule has 0 fully saturated rings. The van der Waals surface area contributed by atoms with Crippen molar-refractivity contribution < 1.29 is 17.2 Å². The normalized spacial score (nSPS) is 12.1. The van der Waals surface area contributed by atoms with Gasteiger partial charge in [0.1, 0.15) is 0 Å². The van der Waals surface area contributed by atoms with Crippen LogP contribution in [0.2, 0.25) is 0 Å². The Balaban J connectivity index is 3.62. The largest absolute Gasteiger partial charge is 0.279 e. The Morgan fingerprint density at radius 3 is 2.47 bits per heavy atom. The molecule has 0 saturated heterocycles. The lowest BCUT2D eigenvalue weighted by Gasteiger charge is -2.09. The fourth-order valence-corrected chi connectivity index (χ4v) is 2.79. The molecule has 1 heterocycles. The van der Waals surface area contributed by atoms with Gasteiger partial charge in [-0.2, -0.15) is 0 Å². The van der Waals surface area contributed by atoms with Crippen molar-refractivity contribution in [1.82, 2.24) is 4.98 Å². The Labute approximate surface area is 103 Å². The number of pyridine rings is 1. The average molecular weight is 368 g/mol. The molecule has 0 N–H and O–H groups in total. The van der Waals surface area contributed by atoms with Crippen LogP contribution in [0.3, 0.4) is 0 Å². The van der Waals surface area contributed by atoms with Crippen molar-refractivity contribution in [2.45, 2.75) is 18.4 Å². The third-order valence-electron chi connectivity index (χ3n) is 1.64. The highest BCUT2D eigenvalue weighted by molar-refractivity contribution is 14.1. The van der Waals surface area contributed by atoms with Gasteiger partial charge in [0, 0.05) is 20.4 Å². The molecule has 0 spiro atoms. The second-order valence-corrected chi connectivity index (χ2v) is 6.27. The molecular formula is C7H5ClF2INO2S. The van der Waals surface area contributed by atoms with Gasteiger partial charge < -0.3 is 0 Å². The summed E-state index contributed by atoms with van der Waals surface area (Å²) in [5.74, 6) is 0. The van der Waals surface area contributed by atoms with Crippen LogP contribution in [0.1, 0.15) is 17.6 Å². The minimum Gasteiger partial charge on any atom is -0.243 e. The van der Waals surface area contributed by atoms with Crippen molar-refractivity contribution in [2.24, 2.45) is 0 Å². The number of halogens is 4. The quantitative estimate of drug-likeness (QED) is 0.596. The lowest BCUT2D eigenvalue weighted by Crippen LogP contribution is -2.06. The van der Waals surface area contributed by atoms with Crippen LogP contribution in [0.15, 0.2) is 11.2 Å². The van der Waals surface area contributed by atoms with Crippen LogP contribution in [0.4, 0.5) is 8.78 Å². The third-order valence-corrected chi connectivity index (χ3v) is 4.30. The van der Waals surface area contributed by atoms with Gasteiger partial charge in [0.05, 0.1) is 5.56 Å². The molecule has 8 heteroatoms. The van der Waals surface area contributed by atoms with E-state index in [4.69, 9.17) is 10.7 Å². The molecular weight excluding hydrogens is 363 g/mol. The molecule has 0 aliphatic heterocycles. The minimum atomic E-state index is -4.24. The molecule has 1 aromatic heterocycles. The first kappa shape index (κ1) is 13.0. The molecule has 0 saturated carbocycles. The molecule has 3 nitrogen and oxygen atoms in total. The van der Waals surface area contributed by atoms with Gasteiger partial charge in [0.15, 0.2) is 5.03 Å². The van der Waals surface area contributed by atoms with Gasteiger partial charge in [0.25, 0.3) is 15.5 Å². The fraction of sp³-hybridized carbons (Fsp3) is 0.286. The summed E-state index contributed by atoms with van der Waals surface area (Å²) >= 11 is 1.64. The van der Waals surface area contributed by atoms with E-state index >= 15 is 0 Å². The lowest BCUT2D eigenvalue weighted by molar-refractivity contribution is 0.146. The van der Waals surface area contributed by atoms with E-state index in [0.29, 0.717) is 5.56 Å². The van der Waals surface area contributed by atoms with E-state index in [2.05, 4.69) is 4.98 Å². The smallest absolute Gasteiger partial charge is 0.243 e. The zero-order valence-electron chi connectivity index (χ0n) is 7.34. The molecule has 1 rings (SSSR count). The summed E-state index contributed by atoms with van der Waals surface area (Å²) in [5.41, 5.74) is -0.152. The molecule has 1 aromatic rings. The van der Waals surface area contributed by atoms with Crippen LogP contribution in [0, 0.1) is 10.5 Å². The van der Waals surface area contributed by atoms with E-state index in [1.54, 1.807) is 29.5 Å². The Morgan fingerprint density at radius 1 is 1.53 bits per heavy atom. The molecule has 0 aliphatic carbocycles. The zero-order valence-corrected chi connectivity index (χ0v) is 11.1. The van der Waals surface area contributed by atoms with E-state index in [0.717, 1.165) is 0 Å². The van der Waals surface area contributed by atoms with Crippen LogP contribution in [0.5, 0.6) is 0 Å². The van der Waals surface area contributed by atoms with Gasteiger partial charge >= 0.3 is 0 Å². The number of aromatic nitrogens is 1. The van der Waals surface area contributed by atoms with Crippen molar-refractivity contribution in [2.75, 3.05) is 0 Å². The molecule has 0 aliphatic rings. The predicted molar refractivity (Wildman–Crippen MR) is 59.7 cm³/mol. The van der Waals surface area contributed by atoms with E-state index in [1.807, 2.05) is 0 Å². The zero-order chi connectivity index (χ0) is 11.8. The molecule has 0 amide bonds. The lowest BCUT2D eigenvalue weighted by atomic mass is 10.2. The van der Waals surface area contributed by atoms with Crippen molar-refractivity contribution >= 4 is 42.3 Å². The Hall–Kier alpha value is -0.0200. The summed E-state index contributed by atoms with van der Waals surface area (Å²) in [6.45, 7) is 1.56. The Morgan fingerprint density at radius 2 is 2.07 bits per heavy atom. The van der Waals surface area contributed by atoms with Gasteiger partial charge in [-0.1, -0.05) is 0 Å². The highest BCUT2D eigenvalue weighted by Crippen LogP contribution is 2.32. The van der Waals surface area contributed by atoms with Crippen molar-refractivity contribution in [1.29, 1.82) is 0 Å². The summed E-state index contributed by atoms with van der Waals surface area (Å²) in [4.78, 5) is 3.43. The molecule has 15 heavy (non-hydrogen) atoms. The number of hydrogen-bond donors (Lipinski definition) is 0. The molecule has 0 aromatic carbocycles. The second-order valence-electron chi connectivity index (χ2n) is 2.71. The molecule has 0 unspecified atom stereocenters. The first-order valence-corrected chi connectivity index (χ1v) is 7.01. The maximum absolute atomic E-state index is 12.6. The van der Waals surface area contributed by atoms with E-state index in [-0.39, 0.29) is 3.57 Å². The van der Waals surface area contributed by atoms with Crippen molar-refractivity contribution in [3.05, 3.63) is 20.9 Å². The summed E-state index contributed by atoms with van der Waals surface area (Å²) in [6, 6.07) is 0. The van der Waals surface area contributed by atoms with Gasteiger partial charge in [0.2, 0.25) is 0 Å². The van der Waals surface area contributed by atoms with Crippen molar-refractivity contribution in [3.8, 4) is 0 Å². The monoisotopic (exact) mass is 367 g/mol. The highest BCUT2D eigenvalue weighted by Gasteiger charge is 2.26. The number of aryl methyl sites for hydroxylation is 1. The Bertz CT molecular complexity index is 492.